The summed E-state index contributed by atoms with van der Waals surface area (Å²) in [6, 6.07) is 4.41. The number of hydrogen-bond donors (Lipinski definition) is 1. The first-order chi connectivity index (χ1) is 9.40. The van der Waals surface area contributed by atoms with E-state index in [0.29, 0.717) is 11.3 Å². The van der Waals surface area contributed by atoms with Crippen LogP contribution in [0.2, 0.25) is 0 Å². The minimum atomic E-state index is -0.493. The van der Waals surface area contributed by atoms with Crippen LogP contribution in [0.5, 0.6) is 0 Å². The van der Waals surface area contributed by atoms with Crippen LogP contribution in [-0.4, -0.2) is 31.0 Å². The number of nitrogens with zero attached hydrogens (tertiary/aromatic N) is 2. The van der Waals surface area contributed by atoms with Crippen LogP contribution in [-0.2, 0) is 0 Å². The zero-order valence-corrected chi connectivity index (χ0v) is 12.3. The van der Waals surface area contributed by atoms with Crippen molar-refractivity contribution in [3.05, 3.63) is 33.9 Å². The van der Waals surface area contributed by atoms with Gasteiger partial charge in [-0.15, -0.1) is 0 Å². The fourth-order valence-corrected chi connectivity index (χ4v) is 1.97. The molecule has 1 amide bonds. The van der Waals surface area contributed by atoms with Crippen LogP contribution in [0.15, 0.2) is 18.2 Å². The highest BCUT2D eigenvalue weighted by molar-refractivity contribution is 6.00. The topological polar surface area (TPSA) is 75.5 Å². The number of rotatable bonds is 6. The highest BCUT2D eigenvalue weighted by atomic mass is 16.6. The Hall–Kier alpha value is -2.11. The van der Waals surface area contributed by atoms with Gasteiger partial charge in [0.15, 0.2) is 0 Å². The van der Waals surface area contributed by atoms with E-state index in [1.807, 2.05) is 13.8 Å². The molecule has 110 valence electrons. The fraction of sp³-hybridized carbons (Fsp3) is 0.500. The van der Waals surface area contributed by atoms with Crippen molar-refractivity contribution in [3.63, 3.8) is 0 Å². The monoisotopic (exact) mass is 279 g/mol. The largest absolute Gasteiger partial charge is 0.377 e. The van der Waals surface area contributed by atoms with E-state index in [4.69, 9.17) is 0 Å². The molecule has 1 aromatic carbocycles. The van der Waals surface area contributed by atoms with Gasteiger partial charge >= 0.3 is 0 Å². The molecule has 0 radical (unpaired) electrons. The first-order valence-electron chi connectivity index (χ1n) is 6.67. The Kier molecular flexibility index (Phi) is 5.49. The number of anilines is 1. The van der Waals surface area contributed by atoms with Crippen LogP contribution >= 0.6 is 0 Å². The summed E-state index contributed by atoms with van der Waals surface area (Å²) in [5.74, 6) is -0.272. The lowest BCUT2D eigenvalue weighted by Crippen LogP contribution is -2.34. The van der Waals surface area contributed by atoms with Crippen LogP contribution in [0.4, 0.5) is 11.4 Å². The lowest BCUT2D eigenvalue weighted by molar-refractivity contribution is -0.384. The second kappa shape index (κ2) is 6.88. The second-order valence-electron chi connectivity index (χ2n) is 4.84. The molecule has 6 heteroatoms. The molecule has 0 aromatic heterocycles. The van der Waals surface area contributed by atoms with E-state index in [1.165, 1.54) is 12.1 Å². The fourth-order valence-electron chi connectivity index (χ4n) is 1.97. The lowest BCUT2D eigenvalue weighted by Gasteiger charge is -2.19. The number of amides is 1. The van der Waals surface area contributed by atoms with Crippen molar-refractivity contribution in [3.8, 4) is 0 Å². The Bertz CT molecular complexity index is 496. The standard InChI is InChI=1S/C14H21N3O3/c1-5-10(6-2)15-14(18)12-9-11(17(19)20)7-8-13(12)16(3)4/h7-10H,5-6H2,1-4H3,(H,15,18). The van der Waals surface area contributed by atoms with E-state index in [-0.39, 0.29) is 17.6 Å². The highest BCUT2D eigenvalue weighted by Crippen LogP contribution is 2.24. The first-order valence-corrected chi connectivity index (χ1v) is 6.67. The van der Waals surface area contributed by atoms with Gasteiger partial charge < -0.3 is 10.2 Å². The van der Waals surface area contributed by atoms with E-state index in [2.05, 4.69) is 5.32 Å². The third kappa shape index (κ3) is 3.69. The maximum atomic E-state index is 12.3. The van der Waals surface area contributed by atoms with Crippen molar-refractivity contribution in [1.29, 1.82) is 0 Å². The molecule has 0 aliphatic rings. The van der Waals surface area contributed by atoms with Crippen molar-refractivity contribution >= 4 is 17.3 Å². The molecular weight excluding hydrogens is 258 g/mol. The van der Waals surface area contributed by atoms with Gasteiger partial charge in [-0.1, -0.05) is 13.8 Å². The first kappa shape index (κ1) is 15.9. The third-order valence-corrected chi connectivity index (χ3v) is 3.24. The molecule has 0 saturated heterocycles. The summed E-state index contributed by atoms with van der Waals surface area (Å²) in [5.41, 5.74) is 0.917. The van der Waals surface area contributed by atoms with E-state index < -0.39 is 4.92 Å². The molecule has 0 unspecified atom stereocenters. The van der Waals surface area contributed by atoms with Gasteiger partial charge in [0, 0.05) is 38.0 Å². The van der Waals surface area contributed by atoms with E-state index in [0.717, 1.165) is 12.8 Å². The molecule has 0 fully saturated rings. The summed E-state index contributed by atoms with van der Waals surface area (Å²) in [6.45, 7) is 3.99. The number of carbonyl (C=O) groups is 1. The number of nitro benzene ring substituents is 1. The average Bonchev–Trinajstić information content (AvgIpc) is 2.43. The van der Waals surface area contributed by atoms with Crippen LogP contribution in [0.1, 0.15) is 37.0 Å². The molecule has 20 heavy (non-hydrogen) atoms. The van der Waals surface area contributed by atoms with Crippen LogP contribution in [0.25, 0.3) is 0 Å². The Morgan fingerprint density at radius 2 is 1.95 bits per heavy atom. The predicted molar refractivity (Wildman–Crippen MR) is 79.3 cm³/mol. The molecule has 1 rings (SSSR count). The van der Waals surface area contributed by atoms with E-state index in [9.17, 15) is 14.9 Å². The molecule has 0 spiro atoms. The molecule has 6 nitrogen and oxygen atoms in total. The maximum Gasteiger partial charge on any atom is 0.270 e. The molecular formula is C14H21N3O3. The van der Waals surface area contributed by atoms with Gasteiger partial charge in [-0.3, -0.25) is 14.9 Å². The number of hydrogen-bond acceptors (Lipinski definition) is 4. The van der Waals surface area contributed by atoms with Gasteiger partial charge in [-0.2, -0.15) is 0 Å². The average molecular weight is 279 g/mol. The van der Waals surface area contributed by atoms with Gasteiger partial charge in [-0.25, -0.2) is 0 Å². The smallest absolute Gasteiger partial charge is 0.270 e. The summed E-state index contributed by atoms with van der Waals surface area (Å²) in [4.78, 5) is 24.4. The maximum absolute atomic E-state index is 12.3. The summed E-state index contributed by atoms with van der Waals surface area (Å²) in [6.07, 6.45) is 1.66. The van der Waals surface area contributed by atoms with E-state index in [1.54, 1.807) is 25.1 Å². The summed E-state index contributed by atoms with van der Waals surface area (Å²) < 4.78 is 0. The van der Waals surface area contributed by atoms with Crippen molar-refractivity contribution in [2.75, 3.05) is 19.0 Å². The normalized spacial score (nSPS) is 10.4. The molecule has 0 saturated carbocycles. The van der Waals surface area contributed by atoms with Crippen molar-refractivity contribution < 1.29 is 9.72 Å². The van der Waals surface area contributed by atoms with Crippen LogP contribution in [0.3, 0.4) is 0 Å². The van der Waals surface area contributed by atoms with Gasteiger partial charge in [0.2, 0.25) is 0 Å². The molecule has 1 aromatic rings. The number of benzene rings is 1. The molecule has 0 aliphatic heterocycles. The summed E-state index contributed by atoms with van der Waals surface area (Å²) in [7, 11) is 3.60. The lowest BCUT2D eigenvalue weighted by atomic mass is 10.1. The van der Waals surface area contributed by atoms with Gasteiger partial charge in [0.25, 0.3) is 11.6 Å². The number of nitrogens with one attached hydrogen (secondary N) is 1. The Labute approximate surface area is 118 Å². The molecule has 0 heterocycles. The van der Waals surface area contributed by atoms with E-state index >= 15 is 0 Å². The SMILES string of the molecule is CCC(CC)NC(=O)c1cc([N+](=O)[O-])ccc1N(C)C. The van der Waals surface area contributed by atoms with Crippen molar-refractivity contribution in [2.24, 2.45) is 0 Å². The Morgan fingerprint density at radius 1 is 1.35 bits per heavy atom. The quantitative estimate of drug-likeness (QED) is 0.641. The third-order valence-electron chi connectivity index (χ3n) is 3.24. The molecule has 0 aliphatic carbocycles. The summed E-state index contributed by atoms with van der Waals surface area (Å²) in [5, 5.41) is 13.8. The second-order valence-corrected chi connectivity index (χ2v) is 4.84. The van der Waals surface area contributed by atoms with Crippen molar-refractivity contribution in [2.45, 2.75) is 32.7 Å². The van der Waals surface area contributed by atoms with Crippen LogP contribution in [0, 0.1) is 10.1 Å². The molecule has 1 N–H and O–H groups in total. The highest BCUT2D eigenvalue weighted by Gasteiger charge is 2.19. The molecule has 0 atom stereocenters. The minimum absolute atomic E-state index is 0.0784. The predicted octanol–water partition coefficient (Wildman–Crippen LogP) is 2.58. The zero-order chi connectivity index (χ0) is 15.3. The number of non-ortho nitro benzene ring substituents is 1. The van der Waals surface area contributed by atoms with Gasteiger partial charge in [0.05, 0.1) is 10.5 Å². The zero-order valence-electron chi connectivity index (χ0n) is 12.3. The summed E-state index contributed by atoms with van der Waals surface area (Å²) >= 11 is 0. The van der Waals surface area contributed by atoms with Crippen LogP contribution < -0.4 is 10.2 Å². The van der Waals surface area contributed by atoms with Gasteiger partial charge in [0.1, 0.15) is 0 Å². The van der Waals surface area contributed by atoms with Gasteiger partial charge in [-0.05, 0) is 18.9 Å². The number of carbonyl (C=O) groups excluding carboxylic acids is 1. The number of nitro groups is 1. The Morgan fingerprint density at radius 3 is 2.40 bits per heavy atom. The Balaban J connectivity index is 3.15. The molecule has 0 bridgehead atoms. The van der Waals surface area contributed by atoms with Crippen molar-refractivity contribution in [1.82, 2.24) is 5.32 Å². The minimum Gasteiger partial charge on any atom is -0.377 e.